The van der Waals surface area contributed by atoms with Crippen molar-refractivity contribution in [2.24, 2.45) is 0 Å². The predicted molar refractivity (Wildman–Crippen MR) is 466 cm³/mol. The number of nitrogens with zero attached hydrogens (tertiary/aromatic N) is 5. The van der Waals surface area contributed by atoms with Crippen molar-refractivity contribution in [3.8, 4) is 61.3 Å². The van der Waals surface area contributed by atoms with Crippen LogP contribution in [0.2, 0.25) is 0 Å². The molecule has 0 saturated carbocycles. The predicted octanol–water partition coefficient (Wildman–Crippen LogP) is 26.4. The Hall–Kier alpha value is -14.5. The lowest BCUT2D eigenvalue weighted by Gasteiger charge is -2.46. The molecule has 6 heteroatoms. The van der Waals surface area contributed by atoms with Crippen molar-refractivity contribution in [1.29, 1.82) is 0 Å². The number of rotatable bonds is 14. The first-order chi connectivity index (χ1) is 54.7. The molecule has 3 heterocycles. The van der Waals surface area contributed by atoms with Crippen LogP contribution in [0, 0.1) is 0 Å². The average molecular weight is 1400 g/mol. The maximum absolute atomic E-state index is 2.70. The molecule has 21 rings (SSSR count). The van der Waals surface area contributed by atoms with E-state index in [1.54, 1.807) is 0 Å². The number of para-hydroxylation sites is 8. The van der Waals surface area contributed by atoms with Crippen molar-refractivity contribution < 1.29 is 0 Å². The van der Waals surface area contributed by atoms with Crippen molar-refractivity contribution in [1.82, 2.24) is 4.57 Å². The van der Waals surface area contributed by atoms with E-state index in [0.717, 1.165) is 157 Å². The van der Waals surface area contributed by atoms with Gasteiger partial charge in [-0.3, -0.25) is 0 Å². The van der Waals surface area contributed by atoms with E-state index in [2.05, 4.69) is 449 Å². The van der Waals surface area contributed by atoms with E-state index in [-0.39, 0.29) is 6.71 Å². The van der Waals surface area contributed by atoms with Gasteiger partial charge in [-0.15, -0.1) is 0 Å². The average Bonchev–Trinajstić information content (AvgIpc) is 0.956. The summed E-state index contributed by atoms with van der Waals surface area (Å²) >= 11 is 0. The number of anilines is 12. The molecule has 2 aliphatic heterocycles. The third kappa shape index (κ3) is 10.6. The summed E-state index contributed by atoms with van der Waals surface area (Å²) in [6.45, 7) is -0.316. The second-order valence-electron chi connectivity index (χ2n) is 28.6. The van der Waals surface area contributed by atoms with Gasteiger partial charge in [0.15, 0.2) is 0 Å². The Morgan fingerprint density at radius 3 is 0.945 bits per heavy atom. The van der Waals surface area contributed by atoms with Gasteiger partial charge in [-0.2, -0.15) is 0 Å². The van der Waals surface area contributed by atoms with Crippen molar-refractivity contribution in [2.75, 3.05) is 19.6 Å². The lowest BCUT2D eigenvalue weighted by atomic mass is 9.33. The topological polar surface area (TPSA) is 17.9 Å². The number of hydrogen-bond acceptors (Lipinski definition) is 4. The van der Waals surface area contributed by atoms with Crippen LogP contribution in [0.4, 0.5) is 68.2 Å². The molecule has 0 saturated heterocycles. The zero-order chi connectivity index (χ0) is 72.6. The summed E-state index contributed by atoms with van der Waals surface area (Å²) in [5.74, 6) is 0. The quantitative estimate of drug-likeness (QED) is 0.0797. The standard InChI is InChI=1S/C104H70BN5/c1-9-35-71(36-10-1)82-57-33-58-83(72-37-11-2-12-38-72)102(82)109-96-67-75(100-88-53-25-27-55-90(88)104(91-56-28-26-54-89(91)100)107(78-47-21-7-22-48-78)79-49-23-8-24-50-79)63-65-92(96)105-93-66-64-80(106(76-43-17-5-18-44-76)77-45-19-6-20-46-77)68-97(93)110(103-84(73-39-13-3-14-40-73)59-34-60-85(103)74-41-15-4-16-42-74)99-70-81(69-98(109)101(99)105)108-94-61-31-29-51-86(94)87-52-30-32-62-95(87)108/h1-70H. The molecule has 0 radical (unpaired) electrons. The Morgan fingerprint density at radius 2 is 0.545 bits per heavy atom. The molecule has 2 aliphatic rings. The van der Waals surface area contributed by atoms with Crippen LogP contribution in [0.3, 0.4) is 0 Å². The van der Waals surface area contributed by atoms with Crippen LogP contribution >= 0.6 is 0 Å². The third-order valence-electron chi connectivity index (χ3n) is 22.5. The zero-order valence-electron chi connectivity index (χ0n) is 60.2. The smallest absolute Gasteiger partial charge is 0.252 e. The summed E-state index contributed by atoms with van der Waals surface area (Å²) in [6.07, 6.45) is 0. The molecule has 0 atom stereocenters. The van der Waals surface area contributed by atoms with E-state index in [1.165, 1.54) is 32.7 Å². The first-order valence-corrected chi connectivity index (χ1v) is 37.9. The van der Waals surface area contributed by atoms with Gasteiger partial charge in [0.05, 0.1) is 33.8 Å². The van der Waals surface area contributed by atoms with Crippen LogP contribution in [0.15, 0.2) is 425 Å². The summed E-state index contributed by atoms with van der Waals surface area (Å²) in [5, 5.41) is 7.00. The molecule has 0 fully saturated rings. The summed E-state index contributed by atoms with van der Waals surface area (Å²) in [5.41, 5.74) is 31.0. The molecule has 0 unspecified atom stereocenters. The molecule has 0 aliphatic carbocycles. The molecule has 514 valence electrons. The van der Waals surface area contributed by atoms with Crippen molar-refractivity contribution >= 4 is 135 Å². The van der Waals surface area contributed by atoms with Gasteiger partial charge in [0.25, 0.3) is 6.71 Å². The Bertz CT molecular complexity index is 6410. The van der Waals surface area contributed by atoms with Crippen LogP contribution in [-0.2, 0) is 0 Å². The highest BCUT2D eigenvalue weighted by molar-refractivity contribution is 7.00. The highest BCUT2D eigenvalue weighted by Crippen LogP contribution is 2.56. The van der Waals surface area contributed by atoms with Gasteiger partial charge in [-0.05, 0) is 152 Å². The number of benzene rings is 18. The fraction of sp³-hybridized carbons (Fsp3) is 0. The minimum Gasteiger partial charge on any atom is -0.310 e. The minimum absolute atomic E-state index is 0.316. The van der Waals surface area contributed by atoms with E-state index in [9.17, 15) is 0 Å². The number of hydrogen-bond donors (Lipinski definition) is 0. The molecular weight excluding hydrogens is 1330 g/mol. The molecule has 19 aromatic rings. The molecule has 0 spiro atoms. The molecule has 1 aromatic heterocycles. The van der Waals surface area contributed by atoms with Gasteiger partial charge in [-0.25, -0.2) is 0 Å². The van der Waals surface area contributed by atoms with Crippen LogP contribution in [0.25, 0.3) is 105 Å². The van der Waals surface area contributed by atoms with Crippen LogP contribution < -0.4 is 36.0 Å². The Morgan fingerprint density at radius 1 is 0.218 bits per heavy atom. The Balaban J connectivity index is 0.939. The van der Waals surface area contributed by atoms with E-state index < -0.39 is 0 Å². The largest absolute Gasteiger partial charge is 0.310 e. The maximum Gasteiger partial charge on any atom is 0.252 e. The Labute approximate surface area is 640 Å². The first-order valence-electron chi connectivity index (χ1n) is 37.9. The Kier molecular flexibility index (Phi) is 15.6. The lowest BCUT2D eigenvalue weighted by molar-refractivity contribution is 1.16. The monoisotopic (exact) mass is 1400 g/mol. The van der Waals surface area contributed by atoms with Gasteiger partial charge < -0.3 is 24.2 Å². The van der Waals surface area contributed by atoms with Gasteiger partial charge in [-0.1, -0.05) is 334 Å². The fourth-order valence-corrected chi connectivity index (χ4v) is 17.9. The maximum atomic E-state index is 2.70. The van der Waals surface area contributed by atoms with Crippen LogP contribution in [0.5, 0.6) is 0 Å². The first kappa shape index (κ1) is 64.0. The number of fused-ring (bicyclic) bond motifs is 9. The van der Waals surface area contributed by atoms with Crippen molar-refractivity contribution in [3.05, 3.63) is 425 Å². The SMILES string of the molecule is c1ccc(-c2cccc(-c3ccccc3)c2N2c3cc(-c4c5ccccc5c(N(c5ccccc5)c5ccccc5)c5ccccc45)ccc3B3c4ccc(N(c5ccccc5)c5ccccc5)cc4N(c4c(-c5ccccc5)cccc4-c4ccccc4)c4cc(-n5c6ccccc6c6ccccc65)cc2c43)cc1. The summed E-state index contributed by atoms with van der Waals surface area (Å²) in [4.78, 5) is 10.2. The summed E-state index contributed by atoms with van der Waals surface area (Å²) in [7, 11) is 0. The van der Waals surface area contributed by atoms with Crippen molar-refractivity contribution in [2.45, 2.75) is 0 Å². The zero-order valence-corrected chi connectivity index (χ0v) is 60.2. The second kappa shape index (κ2) is 26.8. The van der Waals surface area contributed by atoms with Gasteiger partial charge in [0, 0.05) is 95.0 Å². The molecule has 110 heavy (non-hydrogen) atoms. The fourth-order valence-electron chi connectivity index (χ4n) is 17.9. The second-order valence-corrected chi connectivity index (χ2v) is 28.6. The van der Waals surface area contributed by atoms with Crippen LogP contribution in [-0.4, -0.2) is 11.3 Å². The van der Waals surface area contributed by atoms with Crippen LogP contribution in [0.1, 0.15) is 0 Å². The molecule has 5 nitrogen and oxygen atoms in total. The van der Waals surface area contributed by atoms with E-state index >= 15 is 0 Å². The minimum atomic E-state index is -0.316. The van der Waals surface area contributed by atoms with Gasteiger partial charge >= 0.3 is 0 Å². The third-order valence-corrected chi connectivity index (χ3v) is 22.5. The highest BCUT2D eigenvalue weighted by Gasteiger charge is 2.46. The van der Waals surface area contributed by atoms with Crippen molar-refractivity contribution in [3.63, 3.8) is 0 Å². The molecule has 0 amide bonds. The number of aromatic nitrogens is 1. The van der Waals surface area contributed by atoms with Gasteiger partial charge in [0.2, 0.25) is 0 Å². The van der Waals surface area contributed by atoms with Gasteiger partial charge in [0.1, 0.15) is 0 Å². The lowest BCUT2D eigenvalue weighted by Crippen LogP contribution is -2.61. The van der Waals surface area contributed by atoms with E-state index in [4.69, 9.17) is 0 Å². The molecular formula is C104H70BN5. The molecule has 18 aromatic carbocycles. The van der Waals surface area contributed by atoms with E-state index in [1.807, 2.05) is 0 Å². The molecule has 0 N–H and O–H groups in total. The normalized spacial score (nSPS) is 12.1. The summed E-state index contributed by atoms with van der Waals surface area (Å²) < 4.78 is 2.54. The van der Waals surface area contributed by atoms with E-state index in [0.29, 0.717) is 0 Å². The molecule has 0 bridgehead atoms. The highest BCUT2D eigenvalue weighted by atomic mass is 15.2. The summed E-state index contributed by atoms with van der Waals surface area (Å²) in [6, 6.07) is 158.